The number of phenolic OH excluding ortho intramolecular Hbond substituents is 1. The molecule has 1 N–H and O–H groups in total. The van der Waals surface area contributed by atoms with Crippen molar-refractivity contribution in [3.05, 3.63) is 65.2 Å². The van der Waals surface area contributed by atoms with Gasteiger partial charge in [-0.05, 0) is 34.8 Å². The van der Waals surface area contributed by atoms with E-state index >= 15 is 0 Å². The number of hydrogen-bond acceptors (Lipinski definition) is 5. The maximum absolute atomic E-state index is 12.2. The number of hydrogen-bond donors (Lipinski definition) is 1. The van der Waals surface area contributed by atoms with Gasteiger partial charge in [0.2, 0.25) is 0 Å². The largest absolute Gasteiger partial charge is 0.504 e. The number of phenols is 1. The Morgan fingerprint density at radius 2 is 1.74 bits per heavy atom. The first-order valence-electron chi connectivity index (χ1n) is 8.56. The van der Waals surface area contributed by atoms with E-state index in [-0.39, 0.29) is 23.6 Å². The fraction of sp³-hybridized carbons (Fsp3) is 0.273. The van der Waals surface area contributed by atoms with Gasteiger partial charge in [0.1, 0.15) is 0 Å². The van der Waals surface area contributed by atoms with E-state index in [2.05, 4.69) is 20.8 Å². The normalized spacial score (nSPS) is 11.4. The van der Waals surface area contributed by atoms with Gasteiger partial charge >= 0.3 is 5.97 Å². The van der Waals surface area contributed by atoms with E-state index in [0.717, 1.165) is 5.56 Å². The molecule has 0 aliphatic carbocycles. The van der Waals surface area contributed by atoms with Gasteiger partial charge in [-0.3, -0.25) is 4.79 Å². The molecule has 0 saturated carbocycles. The predicted molar refractivity (Wildman–Crippen MR) is 104 cm³/mol. The van der Waals surface area contributed by atoms with Gasteiger partial charge < -0.3 is 14.6 Å². The Kier molecular flexibility index (Phi) is 6.40. The van der Waals surface area contributed by atoms with Gasteiger partial charge in [0, 0.05) is 11.6 Å². The van der Waals surface area contributed by atoms with Gasteiger partial charge in [-0.25, -0.2) is 4.79 Å². The second kappa shape index (κ2) is 8.54. The molecule has 0 spiro atoms. The van der Waals surface area contributed by atoms with Crippen LogP contribution in [0.5, 0.6) is 11.5 Å². The average molecular weight is 368 g/mol. The Labute approximate surface area is 159 Å². The number of esters is 1. The third-order valence-corrected chi connectivity index (χ3v) is 4.03. The van der Waals surface area contributed by atoms with Crippen molar-refractivity contribution in [3.63, 3.8) is 0 Å². The van der Waals surface area contributed by atoms with Gasteiger partial charge in [-0.15, -0.1) is 0 Å². The first-order valence-corrected chi connectivity index (χ1v) is 8.56. The van der Waals surface area contributed by atoms with Crippen LogP contribution in [0.25, 0.3) is 6.08 Å². The summed E-state index contributed by atoms with van der Waals surface area (Å²) < 4.78 is 10.0. The SMILES string of the molecule is COc1cc(/C=C/C(=O)OCC(=O)c2ccc(C(C)(C)C)cc2)ccc1O. The lowest BCUT2D eigenvalue weighted by Gasteiger charge is -2.18. The lowest BCUT2D eigenvalue weighted by atomic mass is 9.86. The van der Waals surface area contributed by atoms with E-state index in [1.165, 1.54) is 25.3 Å². The Morgan fingerprint density at radius 1 is 1.07 bits per heavy atom. The molecule has 0 atom stereocenters. The second-order valence-corrected chi connectivity index (χ2v) is 7.12. The summed E-state index contributed by atoms with van der Waals surface area (Å²) in [6.45, 7) is 5.97. The quantitative estimate of drug-likeness (QED) is 0.471. The molecule has 0 amide bonds. The highest BCUT2D eigenvalue weighted by Gasteiger charge is 2.15. The molecule has 142 valence electrons. The summed E-state index contributed by atoms with van der Waals surface area (Å²) in [5.74, 6) is -0.565. The molecule has 0 aliphatic heterocycles. The van der Waals surface area contributed by atoms with Crippen molar-refractivity contribution in [3.8, 4) is 11.5 Å². The summed E-state index contributed by atoms with van der Waals surface area (Å²) in [6.07, 6.45) is 2.74. The number of rotatable bonds is 6. The summed E-state index contributed by atoms with van der Waals surface area (Å²) in [7, 11) is 1.44. The molecule has 0 radical (unpaired) electrons. The molecular formula is C22H24O5. The summed E-state index contributed by atoms with van der Waals surface area (Å²) in [5.41, 5.74) is 2.30. The molecule has 0 fully saturated rings. The highest BCUT2D eigenvalue weighted by molar-refractivity contribution is 5.99. The predicted octanol–water partition coefficient (Wildman–Crippen LogP) is 4.14. The molecule has 5 nitrogen and oxygen atoms in total. The van der Waals surface area contributed by atoms with Crippen molar-refractivity contribution < 1.29 is 24.2 Å². The Hall–Kier alpha value is -3.08. The smallest absolute Gasteiger partial charge is 0.331 e. The first-order chi connectivity index (χ1) is 12.7. The van der Waals surface area contributed by atoms with Gasteiger partial charge in [-0.2, -0.15) is 0 Å². The van der Waals surface area contributed by atoms with Gasteiger partial charge in [0.05, 0.1) is 7.11 Å². The first kappa shape index (κ1) is 20.2. The van der Waals surface area contributed by atoms with E-state index in [9.17, 15) is 14.7 Å². The van der Waals surface area contributed by atoms with E-state index in [1.54, 1.807) is 24.3 Å². The monoisotopic (exact) mass is 368 g/mol. The van der Waals surface area contributed by atoms with Gasteiger partial charge in [-0.1, -0.05) is 51.1 Å². The minimum atomic E-state index is -0.623. The van der Waals surface area contributed by atoms with Crippen LogP contribution in [0.4, 0.5) is 0 Å². The lowest BCUT2D eigenvalue weighted by Crippen LogP contribution is -2.14. The number of benzene rings is 2. The second-order valence-electron chi connectivity index (χ2n) is 7.12. The van der Waals surface area contributed by atoms with Crippen LogP contribution in [0, 0.1) is 0 Å². The number of carbonyl (C=O) groups excluding carboxylic acids is 2. The zero-order valence-corrected chi connectivity index (χ0v) is 16.0. The van der Waals surface area contributed by atoms with Crippen LogP contribution in [0.3, 0.4) is 0 Å². The standard InChI is InChI=1S/C22H24O5/c1-22(2,3)17-9-7-16(8-10-17)19(24)14-27-21(25)12-6-15-5-11-18(23)20(13-15)26-4/h5-13,23H,14H2,1-4H3/b12-6+. The molecule has 0 heterocycles. The zero-order valence-electron chi connectivity index (χ0n) is 16.0. The summed E-state index contributed by atoms with van der Waals surface area (Å²) in [4.78, 5) is 24.0. The molecule has 2 aromatic carbocycles. The van der Waals surface area contributed by atoms with Crippen LogP contribution in [0.15, 0.2) is 48.5 Å². The Bertz CT molecular complexity index is 842. The average Bonchev–Trinajstić information content (AvgIpc) is 2.64. The highest BCUT2D eigenvalue weighted by Crippen LogP contribution is 2.26. The maximum atomic E-state index is 12.2. The molecular weight excluding hydrogens is 344 g/mol. The molecule has 5 heteroatoms. The Balaban J connectivity index is 1.92. The molecule has 2 rings (SSSR count). The van der Waals surface area contributed by atoms with Crippen molar-refractivity contribution in [1.29, 1.82) is 0 Å². The van der Waals surface area contributed by atoms with Crippen LogP contribution in [0.2, 0.25) is 0 Å². The molecule has 27 heavy (non-hydrogen) atoms. The van der Waals surface area contributed by atoms with Gasteiger partial charge in [0.15, 0.2) is 23.9 Å². The number of ether oxygens (including phenoxy) is 2. The van der Waals surface area contributed by atoms with E-state index < -0.39 is 5.97 Å². The Morgan fingerprint density at radius 3 is 2.33 bits per heavy atom. The fourth-order valence-electron chi connectivity index (χ4n) is 2.39. The van der Waals surface area contributed by atoms with E-state index in [0.29, 0.717) is 16.9 Å². The van der Waals surface area contributed by atoms with Crippen LogP contribution in [-0.2, 0) is 14.9 Å². The number of methoxy groups -OCH3 is 1. The van der Waals surface area contributed by atoms with Crippen LogP contribution in [-0.4, -0.2) is 30.6 Å². The molecule has 0 bridgehead atoms. The van der Waals surface area contributed by atoms with Crippen molar-refractivity contribution >= 4 is 17.8 Å². The molecule has 0 aliphatic rings. The van der Waals surface area contributed by atoms with E-state index in [4.69, 9.17) is 9.47 Å². The summed E-state index contributed by atoms with van der Waals surface area (Å²) >= 11 is 0. The number of Topliss-reactive ketones (excluding diaryl/α,β-unsaturated/α-hetero) is 1. The summed E-state index contributed by atoms with van der Waals surface area (Å²) in [5, 5.41) is 9.55. The minimum Gasteiger partial charge on any atom is -0.504 e. The topological polar surface area (TPSA) is 72.8 Å². The van der Waals surface area contributed by atoms with Crippen molar-refractivity contribution in [2.75, 3.05) is 13.7 Å². The highest BCUT2D eigenvalue weighted by atomic mass is 16.5. The summed E-state index contributed by atoms with van der Waals surface area (Å²) in [6, 6.07) is 12.0. The van der Waals surface area contributed by atoms with Gasteiger partial charge in [0.25, 0.3) is 0 Å². The lowest BCUT2D eigenvalue weighted by molar-refractivity contribution is -0.136. The molecule has 2 aromatic rings. The van der Waals surface area contributed by atoms with Crippen LogP contribution in [0.1, 0.15) is 42.3 Å². The van der Waals surface area contributed by atoms with Crippen molar-refractivity contribution in [2.45, 2.75) is 26.2 Å². The zero-order chi connectivity index (χ0) is 20.0. The number of carbonyl (C=O) groups is 2. The molecule has 0 aromatic heterocycles. The molecule has 0 saturated heterocycles. The minimum absolute atomic E-state index is 0.00967. The van der Waals surface area contributed by atoms with Crippen LogP contribution < -0.4 is 4.74 Å². The van der Waals surface area contributed by atoms with Crippen molar-refractivity contribution in [2.24, 2.45) is 0 Å². The number of aromatic hydroxyl groups is 1. The maximum Gasteiger partial charge on any atom is 0.331 e. The number of ketones is 1. The third-order valence-electron chi connectivity index (χ3n) is 4.03. The molecule has 0 unspecified atom stereocenters. The van der Waals surface area contributed by atoms with Crippen LogP contribution >= 0.6 is 0 Å². The van der Waals surface area contributed by atoms with E-state index in [1.807, 2.05) is 12.1 Å². The van der Waals surface area contributed by atoms with Crippen molar-refractivity contribution in [1.82, 2.24) is 0 Å². The third kappa shape index (κ3) is 5.71. The fourth-order valence-corrected chi connectivity index (χ4v) is 2.39.